The summed E-state index contributed by atoms with van der Waals surface area (Å²) in [7, 11) is 0. The molecule has 5 nitrogen and oxygen atoms in total. The highest BCUT2D eigenvalue weighted by molar-refractivity contribution is 6.31. The third-order valence-corrected chi connectivity index (χ3v) is 3.92. The highest BCUT2D eigenvalue weighted by atomic mass is 35.5. The molecule has 0 aliphatic carbocycles. The molecule has 3 rings (SSSR count). The Morgan fingerprint density at radius 1 is 1.47 bits per heavy atom. The molecule has 19 heavy (non-hydrogen) atoms. The van der Waals surface area contributed by atoms with Gasteiger partial charge in [0.1, 0.15) is 5.75 Å². The van der Waals surface area contributed by atoms with Gasteiger partial charge >= 0.3 is 5.97 Å². The average molecular weight is 284 g/mol. The lowest BCUT2D eigenvalue weighted by Gasteiger charge is -2.21. The summed E-state index contributed by atoms with van der Waals surface area (Å²) in [6.07, 6.45) is 0.546. The molecule has 2 aliphatic rings. The predicted molar refractivity (Wildman–Crippen MR) is 68.2 cm³/mol. The molecule has 1 aromatic rings. The fourth-order valence-electron chi connectivity index (χ4n) is 2.54. The fourth-order valence-corrected chi connectivity index (χ4v) is 2.86. The predicted octanol–water partition coefficient (Wildman–Crippen LogP) is 1.94. The molecule has 0 radical (unpaired) electrons. The SMILES string of the molecule is O=C(O)C1CNC(c2cc3c(cc2Cl)COCO3)C1. The van der Waals surface area contributed by atoms with E-state index in [9.17, 15) is 4.79 Å². The van der Waals surface area contributed by atoms with Crippen LogP contribution in [0.1, 0.15) is 23.6 Å². The van der Waals surface area contributed by atoms with Gasteiger partial charge in [-0.2, -0.15) is 0 Å². The van der Waals surface area contributed by atoms with Crippen LogP contribution in [0.2, 0.25) is 5.02 Å². The second kappa shape index (κ2) is 5.00. The van der Waals surface area contributed by atoms with Crippen molar-refractivity contribution in [3.63, 3.8) is 0 Å². The van der Waals surface area contributed by atoms with Gasteiger partial charge in [-0.3, -0.25) is 4.79 Å². The van der Waals surface area contributed by atoms with E-state index in [1.807, 2.05) is 12.1 Å². The maximum absolute atomic E-state index is 11.0. The number of carbonyl (C=O) groups is 1. The molecule has 2 heterocycles. The van der Waals surface area contributed by atoms with Crippen LogP contribution in [0, 0.1) is 5.92 Å². The first-order valence-corrected chi connectivity index (χ1v) is 6.52. The summed E-state index contributed by atoms with van der Waals surface area (Å²) in [6.45, 7) is 1.20. The van der Waals surface area contributed by atoms with Crippen molar-refractivity contribution in [2.75, 3.05) is 13.3 Å². The van der Waals surface area contributed by atoms with Crippen molar-refractivity contribution >= 4 is 17.6 Å². The van der Waals surface area contributed by atoms with Crippen molar-refractivity contribution in [2.24, 2.45) is 5.92 Å². The van der Waals surface area contributed by atoms with E-state index in [1.165, 1.54) is 0 Å². The van der Waals surface area contributed by atoms with Gasteiger partial charge in [-0.15, -0.1) is 0 Å². The number of benzene rings is 1. The van der Waals surface area contributed by atoms with Crippen LogP contribution in [0.4, 0.5) is 0 Å². The summed E-state index contributed by atoms with van der Waals surface area (Å²) < 4.78 is 10.6. The van der Waals surface area contributed by atoms with Crippen LogP contribution in [0.3, 0.4) is 0 Å². The molecule has 0 saturated carbocycles. The molecule has 2 N–H and O–H groups in total. The van der Waals surface area contributed by atoms with E-state index in [0.29, 0.717) is 24.6 Å². The van der Waals surface area contributed by atoms with Gasteiger partial charge in [0.05, 0.1) is 12.5 Å². The van der Waals surface area contributed by atoms with Gasteiger partial charge in [0.15, 0.2) is 6.79 Å². The van der Waals surface area contributed by atoms with Gasteiger partial charge < -0.3 is 19.9 Å². The van der Waals surface area contributed by atoms with E-state index in [1.54, 1.807) is 0 Å². The van der Waals surface area contributed by atoms with Crippen LogP contribution < -0.4 is 10.1 Å². The van der Waals surface area contributed by atoms with Crippen molar-refractivity contribution in [3.8, 4) is 5.75 Å². The number of ether oxygens (including phenoxy) is 2. The minimum absolute atomic E-state index is 0.0367. The summed E-state index contributed by atoms with van der Waals surface area (Å²) >= 11 is 6.27. The van der Waals surface area contributed by atoms with Gasteiger partial charge in [0, 0.05) is 23.2 Å². The number of hydrogen-bond acceptors (Lipinski definition) is 4. The molecular formula is C13H14ClNO4. The Balaban J connectivity index is 1.87. The number of rotatable bonds is 2. The summed E-state index contributed by atoms with van der Waals surface area (Å²) in [5, 5.41) is 12.8. The first-order valence-electron chi connectivity index (χ1n) is 6.14. The zero-order chi connectivity index (χ0) is 13.4. The van der Waals surface area contributed by atoms with Gasteiger partial charge in [0.2, 0.25) is 0 Å². The standard InChI is InChI=1S/C13H14ClNO4/c14-10-1-8-5-18-6-19-12(8)3-9(10)11-2-7(4-15-11)13(16)17/h1,3,7,11,15H,2,4-6H2,(H,16,17). The van der Waals surface area contributed by atoms with E-state index >= 15 is 0 Å². The molecule has 102 valence electrons. The zero-order valence-electron chi connectivity index (χ0n) is 10.2. The number of carboxylic acid groups (broad SMARTS) is 1. The molecule has 0 spiro atoms. The molecule has 0 bridgehead atoms. The van der Waals surface area contributed by atoms with Crippen molar-refractivity contribution in [2.45, 2.75) is 19.1 Å². The Morgan fingerprint density at radius 3 is 3.05 bits per heavy atom. The van der Waals surface area contributed by atoms with Gasteiger partial charge in [-0.25, -0.2) is 0 Å². The Hall–Kier alpha value is -1.30. The number of hydrogen-bond donors (Lipinski definition) is 2. The number of halogens is 1. The van der Waals surface area contributed by atoms with Crippen LogP contribution in [-0.2, 0) is 16.1 Å². The number of nitrogens with one attached hydrogen (secondary N) is 1. The van der Waals surface area contributed by atoms with E-state index in [2.05, 4.69) is 5.32 Å². The van der Waals surface area contributed by atoms with Crippen LogP contribution in [0.5, 0.6) is 5.75 Å². The number of fused-ring (bicyclic) bond motifs is 1. The molecule has 0 aromatic heterocycles. The Morgan fingerprint density at radius 2 is 2.32 bits per heavy atom. The number of carboxylic acids is 1. The van der Waals surface area contributed by atoms with Gasteiger partial charge in [0.25, 0.3) is 0 Å². The van der Waals surface area contributed by atoms with Gasteiger partial charge in [-0.1, -0.05) is 11.6 Å². The van der Waals surface area contributed by atoms with Crippen molar-refractivity contribution in [1.82, 2.24) is 5.32 Å². The Labute approximate surface area is 115 Å². The van der Waals surface area contributed by atoms with Crippen molar-refractivity contribution < 1.29 is 19.4 Å². The normalized spacial score (nSPS) is 25.7. The molecular weight excluding hydrogens is 270 g/mol. The lowest BCUT2D eigenvalue weighted by Crippen LogP contribution is -2.18. The Kier molecular flexibility index (Phi) is 3.35. The Bertz CT molecular complexity index is 520. The maximum Gasteiger partial charge on any atom is 0.307 e. The first-order chi connectivity index (χ1) is 9.15. The van der Waals surface area contributed by atoms with E-state index in [-0.39, 0.29) is 18.8 Å². The topological polar surface area (TPSA) is 67.8 Å². The minimum atomic E-state index is -0.770. The maximum atomic E-state index is 11.0. The lowest BCUT2D eigenvalue weighted by molar-refractivity contribution is -0.141. The van der Waals surface area contributed by atoms with E-state index in [0.717, 1.165) is 16.9 Å². The molecule has 1 saturated heterocycles. The summed E-state index contributed by atoms with van der Waals surface area (Å²) in [5.41, 5.74) is 1.82. The zero-order valence-corrected chi connectivity index (χ0v) is 10.9. The van der Waals surface area contributed by atoms with Crippen LogP contribution in [0.25, 0.3) is 0 Å². The van der Waals surface area contributed by atoms with Crippen LogP contribution >= 0.6 is 11.6 Å². The largest absolute Gasteiger partial charge is 0.481 e. The molecule has 2 aliphatic heterocycles. The molecule has 0 amide bonds. The smallest absolute Gasteiger partial charge is 0.307 e. The first kappa shape index (κ1) is 12.7. The van der Waals surface area contributed by atoms with E-state index in [4.69, 9.17) is 26.2 Å². The third-order valence-electron chi connectivity index (χ3n) is 3.59. The van der Waals surface area contributed by atoms with Crippen LogP contribution in [0.15, 0.2) is 12.1 Å². The average Bonchev–Trinajstić information content (AvgIpc) is 2.87. The van der Waals surface area contributed by atoms with Gasteiger partial charge in [-0.05, 0) is 24.1 Å². The lowest BCUT2D eigenvalue weighted by atomic mass is 9.98. The minimum Gasteiger partial charge on any atom is -0.481 e. The van der Waals surface area contributed by atoms with Crippen molar-refractivity contribution in [1.29, 1.82) is 0 Å². The summed E-state index contributed by atoms with van der Waals surface area (Å²) in [4.78, 5) is 11.0. The number of aliphatic carboxylic acids is 1. The molecule has 2 atom stereocenters. The molecule has 1 fully saturated rings. The fraction of sp³-hybridized carbons (Fsp3) is 0.462. The van der Waals surface area contributed by atoms with Crippen LogP contribution in [-0.4, -0.2) is 24.4 Å². The third kappa shape index (κ3) is 2.41. The molecule has 2 unspecified atom stereocenters. The molecule has 1 aromatic carbocycles. The second-order valence-electron chi connectivity index (χ2n) is 4.82. The highest BCUT2D eigenvalue weighted by Gasteiger charge is 2.32. The molecule has 6 heteroatoms. The highest BCUT2D eigenvalue weighted by Crippen LogP contribution is 2.37. The quantitative estimate of drug-likeness (QED) is 0.868. The summed E-state index contributed by atoms with van der Waals surface area (Å²) in [5.74, 6) is -0.360. The summed E-state index contributed by atoms with van der Waals surface area (Å²) in [6, 6.07) is 3.69. The van der Waals surface area contributed by atoms with Crippen molar-refractivity contribution in [3.05, 3.63) is 28.3 Å². The second-order valence-corrected chi connectivity index (χ2v) is 5.23. The monoisotopic (exact) mass is 283 g/mol. The van der Waals surface area contributed by atoms with E-state index < -0.39 is 5.97 Å².